The number of rotatable bonds is 23. The van der Waals surface area contributed by atoms with E-state index >= 15 is 33.6 Å². The number of aromatic amines is 1. The Labute approximate surface area is 758 Å². The number of carboxylic acid groups (broad SMARTS) is 1. The minimum Gasteiger partial charge on any atom is -0.508 e. The Balaban J connectivity index is 1.22. The van der Waals surface area contributed by atoms with E-state index in [9.17, 15) is 63.6 Å². The summed E-state index contributed by atoms with van der Waals surface area (Å²) < 4.78 is 0. The molecule has 6 aromatic carbocycles. The van der Waals surface area contributed by atoms with E-state index in [4.69, 9.17) is 5.73 Å². The zero-order valence-corrected chi connectivity index (χ0v) is 75.3. The van der Waals surface area contributed by atoms with Crippen molar-refractivity contribution in [2.45, 2.75) is 172 Å². The summed E-state index contributed by atoms with van der Waals surface area (Å²) in [5, 5.41) is 65.9. The molecule has 2 heterocycles. The van der Waals surface area contributed by atoms with E-state index in [0.29, 0.717) is 57.1 Å². The molecule has 1 fully saturated rings. The van der Waals surface area contributed by atoms with Crippen LogP contribution in [0.2, 0.25) is 0 Å². The third kappa shape index (κ3) is 30.4. The number of primary amides is 1. The van der Waals surface area contributed by atoms with Crippen LogP contribution in [0.3, 0.4) is 0 Å². The molecule has 0 bridgehead atoms. The Hall–Kier alpha value is -13.9. The molecule has 130 heavy (non-hydrogen) atoms. The summed E-state index contributed by atoms with van der Waals surface area (Å²) in [4.78, 5) is 243. The number of nitrogens with one attached hydrogen (secondary N) is 10. The molecule has 0 unspecified atom stereocenters. The lowest BCUT2D eigenvalue weighted by atomic mass is 9.98. The number of phenolic OH excluding ortho intramolecular Hbond substituents is 3. The number of benzene rings is 6. The van der Waals surface area contributed by atoms with Gasteiger partial charge in [0.15, 0.2) is 0 Å². The van der Waals surface area contributed by atoms with E-state index in [2.05, 4.69) is 52.8 Å². The van der Waals surface area contributed by atoms with Crippen molar-refractivity contribution in [3.05, 3.63) is 197 Å². The van der Waals surface area contributed by atoms with Crippen molar-refractivity contribution in [2.75, 3.05) is 66.4 Å². The molecular weight excluding hydrogens is 1690 g/mol. The Morgan fingerprint density at radius 3 is 1.44 bits per heavy atom. The van der Waals surface area contributed by atoms with Crippen molar-refractivity contribution in [2.24, 2.45) is 17.6 Å². The van der Waals surface area contributed by atoms with Gasteiger partial charge in [-0.25, -0.2) is 0 Å². The van der Waals surface area contributed by atoms with Crippen LogP contribution in [0.5, 0.6) is 17.2 Å². The van der Waals surface area contributed by atoms with Crippen LogP contribution in [0.4, 0.5) is 0 Å². The fourth-order valence-corrected chi connectivity index (χ4v) is 15.8. The van der Waals surface area contributed by atoms with Crippen molar-refractivity contribution < 1.29 is 97.1 Å². The molecule has 1 aromatic heterocycles. The van der Waals surface area contributed by atoms with Crippen LogP contribution in [0.15, 0.2) is 164 Å². The van der Waals surface area contributed by atoms with E-state index in [1.165, 1.54) is 107 Å². The molecule has 11 atom stereocenters. The average molecular weight is 1810 g/mol. The Bertz CT molecular complexity index is 5120. The highest BCUT2D eigenvalue weighted by molar-refractivity contribution is 8.00. The van der Waals surface area contributed by atoms with E-state index in [1.807, 2.05) is 6.92 Å². The van der Waals surface area contributed by atoms with Gasteiger partial charge in [0.1, 0.15) is 83.7 Å². The molecular formula is C93H118N16O20S. The number of hydrogen-bond acceptors (Lipinski definition) is 20. The van der Waals surface area contributed by atoms with Crippen LogP contribution >= 0.6 is 11.8 Å². The van der Waals surface area contributed by atoms with Gasteiger partial charge in [-0.1, -0.05) is 163 Å². The molecule has 36 nitrogen and oxygen atoms in total. The van der Waals surface area contributed by atoms with Gasteiger partial charge in [-0.2, -0.15) is 0 Å². The Morgan fingerprint density at radius 1 is 0.462 bits per heavy atom. The number of nitrogens with two attached hydrogens (primary N) is 1. The number of carbonyl (C=O) groups excluding carboxylic acids is 15. The van der Waals surface area contributed by atoms with Crippen molar-refractivity contribution in [1.29, 1.82) is 0 Å². The van der Waals surface area contributed by atoms with Crippen LogP contribution in [-0.4, -0.2) is 277 Å². The highest BCUT2D eigenvalue weighted by atomic mass is 32.2. The van der Waals surface area contributed by atoms with Crippen LogP contribution in [0, 0.1) is 11.8 Å². The quantitative estimate of drug-likeness (QED) is 0.0436. The second kappa shape index (κ2) is 48.9. The predicted molar refractivity (Wildman–Crippen MR) is 484 cm³/mol. The number of unbranched alkanes of at least 4 members (excludes halogenated alkanes) is 1. The van der Waals surface area contributed by atoms with Crippen molar-refractivity contribution in [3.8, 4) is 17.2 Å². The molecule has 7 aromatic rings. The summed E-state index contributed by atoms with van der Waals surface area (Å²) in [7, 11) is 6.48. The first-order valence-electron chi connectivity index (χ1n) is 42.8. The standard InChI is InChI=1S/C93H118N16O20S/c1-11-12-28-74-91(127)106(7)51-79(115)98-70(47-81(117)118)87(123)104-82(55(4)5)93(129)108(9)75(43-57-24-18-14-19-25-57)88(124)102-71(42-60-31-35-63(111)36-32-60)89(125)105(6)50-78(114)97-69(45-61-48-95-66-38-37-64(112)46-65(61)66)86(122)101-68(40-59-29-33-62(110)34-30-59)85(121)100-67(39-54(2)3)84(120)103-73(83(119)96-49-77(94)113)52-130-53-80(116)99-72(41-56-22-16-13-17-23-56)90(126)109(10)76(92(128)107(74)8)44-58-26-20-15-21-27-58/h13-27,29-38,46,48,54-55,67-76,82,95,110-112H,11-12,28,39-45,47,49-53H2,1-10H3,(H2,94,113)(H,96,119)(H,97,114)(H,98,115)(H,99,116)(H,100,121)(H,101,122)(H,102,124)(H,103,120)(H,104,123)(H,117,118)/t67-,68-,69-,70-,71-,72-,73-,74-,75-,76-,82-/m0/s1. The average Bonchev–Trinajstić information content (AvgIpc) is 1.77. The lowest BCUT2D eigenvalue weighted by Gasteiger charge is -2.37. The zero-order valence-electron chi connectivity index (χ0n) is 74.5. The van der Waals surface area contributed by atoms with Gasteiger partial charge in [-0.15, -0.1) is 11.8 Å². The first-order chi connectivity index (χ1) is 61.8. The third-order valence-corrected chi connectivity index (χ3v) is 23.2. The summed E-state index contributed by atoms with van der Waals surface area (Å²) >= 11 is 0.817. The summed E-state index contributed by atoms with van der Waals surface area (Å²) in [5.41, 5.74) is 8.74. The summed E-state index contributed by atoms with van der Waals surface area (Å²) in [6.07, 6.45) is -0.243. The van der Waals surface area contributed by atoms with E-state index < -0.39 is 205 Å². The number of H-pyrrole nitrogens is 1. The van der Waals surface area contributed by atoms with Gasteiger partial charge in [0.25, 0.3) is 0 Å². The number of fused-ring (bicyclic) bond motifs is 1. The number of hydrogen-bond donors (Lipinski definition) is 15. The second-order valence-electron chi connectivity index (χ2n) is 33.2. The van der Waals surface area contributed by atoms with Gasteiger partial charge in [-0.3, -0.25) is 76.7 Å². The number of aliphatic carboxylic acids is 1. The highest BCUT2D eigenvalue weighted by Crippen LogP contribution is 2.27. The first-order valence-corrected chi connectivity index (χ1v) is 44.0. The number of nitrogens with zero attached hydrogens (tertiary/aromatic N) is 5. The van der Waals surface area contributed by atoms with E-state index in [0.717, 1.165) is 31.4 Å². The van der Waals surface area contributed by atoms with Crippen LogP contribution in [0.1, 0.15) is 100 Å². The number of amides is 15. The Kier molecular flexibility index (Phi) is 38.2. The number of aromatic hydroxyl groups is 3. The predicted octanol–water partition coefficient (Wildman–Crippen LogP) is 2.03. The third-order valence-electron chi connectivity index (χ3n) is 22.1. The molecule has 15 amide bonds. The first kappa shape index (κ1) is 102. The molecule has 16 N–H and O–H groups in total. The monoisotopic (exact) mass is 1810 g/mol. The zero-order chi connectivity index (χ0) is 95.2. The SMILES string of the molecule is CCCC[C@H]1C(=O)N(C)CC(=O)N[C@@H](CC(=O)O)C(=O)N[C@@H](C(C)C)C(=O)N(C)[C@@H](Cc2ccccc2)C(=O)N[C@@H](Cc2ccc(O)cc2)C(=O)N(C)CC(=O)N[C@@H](Cc2c[nH]c3ccc(O)cc23)C(=O)N[C@@H](Cc2ccc(O)cc2)C(=O)N[C@@H](CC(C)C)C(=O)N[C@H](C(=O)NCC(N)=O)CSCC(=O)N[C@@H](Cc2ccccc2)C(=O)N(C)[C@@H](Cc2ccccc2)C(=O)N1C. The lowest BCUT2D eigenvalue weighted by molar-refractivity contribution is -0.151. The van der Waals surface area contributed by atoms with Gasteiger partial charge in [0, 0.05) is 96.6 Å². The second-order valence-corrected chi connectivity index (χ2v) is 34.3. The number of carbonyl (C=O) groups is 16. The molecule has 696 valence electrons. The number of thioether (sulfide) groups is 1. The topological polar surface area (TPSA) is 520 Å². The maximum Gasteiger partial charge on any atom is 0.305 e. The smallest absolute Gasteiger partial charge is 0.305 e. The minimum absolute atomic E-state index is 0.0250. The maximum atomic E-state index is 15.5. The summed E-state index contributed by atoms with van der Waals surface area (Å²) in [6, 6.07) is 24.1. The van der Waals surface area contributed by atoms with Crippen molar-refractivity contribution in [1.82, 2.24) is 77.3 Å². The normalized spacial score (nSPS) is 21.8. The molecule has 1 aliphatic rings. The van der Waals surface area contributed by atoms with Crippen LogP contribution in [-0.2, 0) is 115 Å². The molecule has 37 heteroatoms. The van der Waals surface area contributed by atoms with E-state index in [-0.39, 0.29) is 74.5 Å². The molecule has 1 aliphatic heterocycles. The fourth-order valence-electron chi connectivity index (χ4n) is 15.0. The molecule has 0 saturated carbocycles. The molecule has 0 spiro atoms. The largest absolute Gasteiger partial charge is 0.508 e. The fraction of sp³-hybridized carbons (Fsp3) is 0.419. The van der Waals surface area contributed by atoms with Gasteiger partial charge in [0.05, 0.1) is 31.8 Å². The summed E-state index contributed by atoms with van der Waals surface area (Å²) in [5.74, 6) is -18.0. The van der Waals surface area contributed by atoms with E-state index in [1.54, 1.807) is 125 Å². The number of aromatic nitrogens is 1. The van der Waals surface area contributed by atoms with Crippen molar-refractivity contribution in [3.63, 3.8) is 0 Å². The number of likely N-dealkylation sites (N-methyl/N-ethyl adjacent to an activating group) is 5. The maximum absolute atomic E-state index is 15.5. The number of phenols is 3. The minimum atomic E-state index is -1.92. The van der Waals surface area contributed by atoms with Gasteiger partial charge in [-0.05, 0) is 101 Å². The van der Waals surface area contributed by atoms with Crippen molar-refractivity contribution >= 4 is 117 Å². The van der Waals surface area contributed by atoms with Crippen LogP contribution < -0.4 is 53.6 Å². The highest BCUT2D eigenvalue weighted by Gasteiger charge is 2.42. The van der Waals surface area contributed by atoms with Gasteiger partial charge in [0.2, 0.25) is 88.6 Å². The molecule has 0 radical (unpaired) electrons. The van der Waals surface area contributed by atoms with Gasteiger partial charge < -0.3 is 103 Å². The number of carboxylic acids is 1. The Morgan fingerprint density at radius 2 is 0.908 bits per heavy atom. The lowest BCUT2D eigenvalue weighted by Crippen LogP contribution is -2.61. The molecule has 8 rings (SSSR count). The molecule has 0 aliphatic carbocycles. The van der Waals surface area contributed by atoms with Crippen LogP contribution in [0.25, 0.3) is 10.9 Å². The molecule has 1 saturated heterocycles. The summed E-state index contributed by atoms with van der Waals surface area (Å²) in [6.45, 7) is 6.07. The van der Waals surface area contributed by atoms with Gasteiger partial charge >= 0.3 is 5.97 Å².